The Hall–Kier alpha value is -1.17. The van der Waals surface area contributed by atoms with E-state index in [1.807, 2.05) is 19.3 Å². The minimum atomic E-state index is 0.296. The average molecular weight is 267 g/mol. The lowest BCUT2D eigenvalue weighted by Crippen LogP contribution is -2.38. The first-order valence-corrected chi connectivity index (χ1v) is 6.57. The van der Waals surface area contributed by atoms with Crippen molar-refractivity contribution in [2.75, 3.05) is 45.9 Å². The first-order valence-electron chi connectivity index (χ1n) is 6.57. The normalized spacial score (nSPS) is 12.4. The zero-order valence-corrected chi connectivity index (χ0v) is 12.3. The highest BCUT2D eigenvalue weighted by atomic mass is 16.5. The van der Waals surface area contributed by atoms with Crippen LogP contribution >= 0.6 is 0 Å². The summed E-state index contributed by atoms with van der Waals surface area (Å²) in [5.41, 5.74) is 2.19. The van der Waals surface area contributed by atoms with Gasteiger partial charge in [0.2, 0.25) is 0 Å². The molecule has 1 atom stereocenters. The van der Waals surface area contributed by atoms with Crippen molar-refractivity contribution in [2.45, 2.75) is 19.5 Å². The van der Waals surface area contributed by atoms with E-state index < -0.39 is 0 Å². The van der Waals surface area contributed by atoms with E-state index in [2.05, 4.69) is 28.2 Å². The number of hydrogen-bond acceptors (Lipinski definition) is 5. The van der Waals surface area contributed by atoms with E-state index >= 15 is 0 Å². The van der Waals surface area contributed by atoms with E-state index in [1.54, 1.807) is 14.2 Å². The van der Waals surface area contributed by atoms with Crippen molar-refractivity contribution < 1.29 is 9.47 Å². The third-order valence-electron chi connectivity index (χ3n) is 2.97. The maximum Gasteiger partial charge on any atom is 0.0663 e. The lowest BCUT2D eigenvalue weighted by molar-refractivity contribution is 0.171. The van der Waals surface area contributed by atoms with Crippen molar-refractivity contribution in [3.63, 3.8) is 0 Å². The third kappa shape index (κ3) is 5.14. The van der Waals surface area contributed by atoms with Gasteiger partial charge in [-0.2, -0.15) is 0 Å². The van der Waals surface area contributed by atoms with Crippen LogP contribution in [-0.2, 0) is 16.0 Å². The summed E-state index contributed by atoms with van der Waals surface area (Å²) in [7, 11) is 5.37. The van der Waals surface area contributed by atoms with Crippen LogP contribution in [0.3, 0.4) is 0 Å². The average Bonchev–Trinajstić information content (AvgIpc) is 2.40. The van der Waals surface area contributed by atoms with Crippen LogP contribution in [0.4, 0.5) is 5.69 Å². The van der Waals surface area contributed by atoms with Crippen molar-refractivity contribution in [3.8, 4) is 0 Å². The number of anilines is 1. The number of aromatic nitrogens is 1. The predicted molar refractivity (Wildman–Crippen MR) is 77.6 cm³/mol. The highest BCUT2D eigenvalue weighted by molar-refractivity contribution is 5.47. The smallest absolute Gasteiger partial charge is 0.0663 e. The van der Waals surface area contributed by atoms with Crippen LogP contribution in [0.5, 0.6) is 0 Å². The van der Waals surface area contributed by atoms with Gasteiger partial charge >= 0.3 is 0 Å². The highest BCUT2D eigenvalue weighted by Crippen LogP contribution is 2.17. The lowest BCUT2D eigenvalue weighted by atomic mass is 10.2. The standard InChI is InChI=1S/C14H25N3O2/c1-12(11-19-4)17(7-8-18-3)14-5-6-16-13(9-14)10-15-2/h5-6,9,12,15H,7-8,10-11H2,1-4H3. The Morgan fingerprint density at radius 2 is 2.16 bits per heavy atom. The summed E-state index contributed by atoms with van der Waals surface area (Å²) in [6.07, 6.45) is 1.85. The largest absolute Gasteiger partial charge is 0.383 e. The first-order chi connectivity index (χ1) is 9.22. The summed E-state index contributed by atoms with van der Waals surface area (Å²) >= 11 is 0. The van der Waals surface area contributed by atoms with E-state index in [1.165, 1.54) is 0 Å². The zero-order valence-electron chi connectivity index (χ0n) is 12.3. The molecule has 1 rings (SSSR count). The van der Waals surface area contributed by atoms with Gasteiger partial charge in [0.1, 0.15) is 0 Å². The molecule has 0 aliphatic heterocycles. The molecule has 1 unspecified atom stereocenters. The molecule has 0 amide bonds. The fraction of sp³-hybridized carbons (Fsp3) is 0.643. The second-order valence-corrected chi connectivity index (χ2v) is 4.53. The van der Waals surface area contributed by atoms with E-state index in [0.717, 1.165) is 24.5 Å². The monoisotopic (exact) mass is 267 g/mol. The minimum Gasteiger partial charge on any atom is -0.383 e. The van der Waals surface area contributed by atoms with Gasteiger partial charge in [0.05, 0.1) is 18.9 Å². The molecule has 0 aliphatic rings. The van der Waals surface area contributed by atoms with Crippen LogP contribution in [0.1, 0.15) is 12.6 Å². The molecule has 0 radical (unpaired) electrons. The summed E-state index contributed by atoms with van der Waals surface area (Å²) in [6, 6.07) is 4.43. The Bertz CT molecular complexity index is 360. The Morgan fingerprint density at radius 1 is 1.37 bits per heavy atom. The second kappa shape index (κ2) is 8.85. The fourth-order valence-electron chi connectivity index (χ4n) is 2.05. The van der Waals surface area contributed by atoms with Crippen molar-refractivity contribution >= 4 is 5.69 Å². The van der Waals surface area contributed by atoms with E-state index in [9.17, 15) is 0 Å². The molecule has 0 spiro atoms. The molecule has 0 aromatic carbocycles. The van der Waals surface area contributed by atoms with Crippen LogP contribution < -0.4 is 10.2 Å². The molecule has 0 aliphatic carbocycles. The molecule has 1 N–H and O–H groups in total. The van der Waals surface area contributed by atoms with Crippen LogP contribution in [0, 0.1) is 0 Å². The molecular weight excluding hydrogens is 242 g/mol. The van der Waals surface area contributed by atoms with E-state index in [4.69, 9.17) is 9.47 Å². The number of ether oxygens (including phenoxy) is 2. The van der Waals surface area contributed by atoms with E-state index in [-0.39, 0.29) is 0 Å². The Kier molecular flexibility index (Phi) is 7.40. The van der Waals surface area contributed by atoms with Gasteiger partial charge in [-0.25, -0.2) is 0 Å². The van der Waals surface area contributed by atoms with Gasteiger partial charge in [-0.15, -0.1) is 0 Å². The van der Waals surface area contributed by atoms with Crippen LogP contribution in [0.15, 0.2) is 18.3 Å². The molecule has 1 aromatic rings. The quantitative estimate of drug-likeness (QED) is 0.730. The number of nitrogens with one attached hydrogen (secondary N) is 1. The molecule has 19 heavy (non-hydrogen) atoms. The Balaban J connectivity index is 2.85. The topological polar surface area (TPSA) is 46.6 Å². The predicted octanol–water partition coefficient (Wildman–Crippen LogP) is 1.29. The molecule has 108 valence electrons. The number of nitrogens with zero attached hydrogens (tertiary/aromatic N) is 2. The summed E-state index contributed by atoms with van der Waals surface area (Å²) < 4.78 is 10.4. The molecule has 0 fully saturated rings. The molecule has 5 nitrogen and oxygen atoms in total. The summed E-state index contributed by atoms with van der Waals surface area (Å²) in [4.78, 5) is 6.63. The van der Waals surface area contributed by atoms with Crippen molar-refractivity contribution in [3.05, 3.63) is 24.0 Å². The molecule has 0 saturated heterocycles. The van der Waals surface area contributed by atoms with Crippen molar-refractivity contribution in [1.29, 1.82) is 0 Å². The fourth-order valence-corrected chi connectivity index (χ4v) is 2.05. The Morgan fingerprint density at radius 3 is 2.79 bits per heavy atom. The first kappa shape index (κ1) is 15.9. The van der Waals surface area contributed by atoms with Crippen LogP contribution in [0.25, 0.3) is 0 Å². The number of hydrogen-bond donors (Lipinski definition) is 1. The number of rotatable bonds is 9. The van der Waals surface area contributed by atoms with Gasteiger partial charge in [0, 0.05) is 45.2 Å². The van der Waals surface area contributed by atoms with Gasteiger partial charge < -0.3 is 19.7 Å². The van der Waals surface area contributed by atoms with Gasteiger partial charge in [-0.1, -0.05) is 0 Å². The second-order valence-electron chi connectivity index (χ2n) is 4.53. The van der Waals surface area contributed by atoms with Crippen LogP contribution in [0.2, 0.25) is 0 Å². The van der Waals surface area contributed by atoms with Crippen molar-refractivity contribution in [2.24, 2.45) is 0 Å². The molecular formula is C14H25N3O2. The van der Waals surface area contributed by atoms with Gasteiger partial charge in [0.25, 0.3) is 0 Å². The zero-order chi connectivity index (χ0) is 14.1. The lowest BCUT2D eigenvalue weighted by Gasteiger charge is -2.31. The van der Waals surface area contributed by atoms with Crippen molar-refractivity contribution in [1.82, 2.24) is 10.3 Å². The maximum absolute atomic E-state index is 5.25. The summed E-state index contributed by atoms with van der Waals surface area (Å²) in [5.74, 6) is 0. The molecule has 1 heterocycles. The van der Waals surface area contributed by atoms with E-state index in [0.29, 0.717) is 19.3 Å². The van der Waals surface area contributed by atoms with Gasteiger partial charge in [0.15, 0.2) is 0 Å². The Labute approximate surface area is 115 Å². The van der Waals surface area contributed by atoms with Crippen LogP contribution in [-0.4, -0.2) is 52.1 Å². The number of methoxy groups -OCH3 is 2. The third-order valence-corrected chi connectivity index (χ3v) is 2.97. The van der Waals surface area contributed by atoms with Gasteiger partial charge in [-0.3, -0.25) is 4.98 Å². The highest BCUT2D eigenvalue weighted by Gasteiger charge is 2.14. The minimum absolute atomic E-state index is 0.296. The summed E-state index contributed by atoms with van der Waals surface area (Å²) in [6.45, 7) is 5.14. The SMILES string of the molecule is CNCc1cc(N(CCOC)C(C)COC)ccn1. The molecule has 0 saturated carbocycles. The summed E-state index contributed by atoms with van der Waals surface area (Å²) in [5, 5.41) is 3.12. The molecule has 1 aromatic heterocycles. The maximum atomic E-state index is 5.25. The van der Waals surface area contributed by atoms with Gasteiger partial charge in [-0.05, 0) is 26.1 Å². The molecule has 5 heteroatoms. The molecule has 0 bridgehead atoms. The number of pyridine rings is 1.